The lowest BCUT2D eigenvalue weighted by atomic mass is 10.0. The Morgan fingerprint density at radius 1 is 1.02 bits per heavy atom. The summed E-state index contributed by atoms with van der Waals surface area (Å²) in [5.74, 6) is 0.458. The fourth-order valence-corrected chi connectivity index (χ4v) is 3.59. The van der Waals surface area contributed by atoms with Crippen LogP contribution >= 0.6 is 0 Å². The SMILES string of the molecule is C=C(C)CCc1ccc(CNC(=C)C(=NC=NC(C)C)C(=C)C)cc1NC.C=C/C=C(\C=C/C(C)C(=C)C)CC.CNC(C)(C)N(C)C. The van der Waals surface area contributed by atoms with Gasteiger partial charge in [-0.2, -0.15) is 0 Å². The fraction of sp³-hybridized carbons (Fsp3) is 0.476. The summed E-state index contributed by atoms with van der Waals surface area (Å²) < 4.78 is 0. The highest BCUT2D eigenvalue weighted by Gasteiger charge is 2.15. The molecule has 6 heteroatoms. The largest absolute Gasteiger partial charge is 0.388 e. The van der Waals surface area contributed by atoms with Gasteiger partial charge in [0.05, 0.1) is 17.1 Å². The smallest absolute Gasteiger partial charge is 0.110 e. The van der Waals surface area contributed by atoms with E-state index < -0.39 is 0 Å². The van der Waals surface area contributed by atoms with E-state index >= 15 is 0 Å². The number of allylic oxidation sites excluding steroid dienone is 8. The summed E-state index contributed by atoms with van der Waals surface area (Å²) in [7, 11) is 8.02. The van der Waals surface area contributed by atoms with Crippen molar-refractivity contribution in [3.63, 3.8) is 0 Å². The van der Waals surface area contributed by atoms with E-state index in [0.29, 0.717) is 12.5 Å². The number of aliphatic imine (C=N–C) groups is 2. The van der Waals surface area contributed by atoms with Gasteiger partial charge in [-0.15, -0.1) is 6.58 Å². The Kier molecular flexibility index (Phi) is 24.4. The molecule has 0 saturated heterocycles. The van der Waals surface area contributed by atoms with Crippen molar-refractivity contribution >= 4 is 17.7 Å². The summed E-state index contributed by atoms with van der Waals surface area (Å²) >= 11 is 0. The molecule has 0 aromatic heterocycles. The topological polar surface area (TPSA) is 64.0 Å². The lowest BCUT2D eigenvalue weighted by Gasteiger charge is -2.31. The van der Waals surface area contributed by atoms with Crippen LogP contribution in [0.2, 0.25) is 0 Å². The van der Waals surface area contributed by atoms with E-state index in [1.165, 1.54) is 27.8 Å². The average Bonchev–Trinajstić information content (AvgIpc) is 3.02. The highest BCUT2D eigenvalue weighted by Crippen LogP contribution is 2.21. The molecule has 0 saturated carbocycles. The van der Waals surface area contributed by atoms with Crippen molar-refractivity contribution in [2.75, 3.05) is 33.5 Å². The Morgan fingerprint density at radius 2 is 1.65 bits per heavy atom. The number of rotatable bonds is 18. The summed E-state index contributed by atoms with van der Waals surface area (Å²) in [6, 6.07) is 6.71. The predicted molar refractivity (Wildman–Crippen MR) is 219 cm³/mol. The summed E-state index contributed by atoms with van der Waals surface area (Å²) in [5, 5.41) is 9.81. The highest BCUT2D eigenvalue weighted by molar-refractivity contribution is 6.13. The molecule has 0 radical (unpaired) electrons. The van der Waals surface area contributed by atoms with Gasteiger partial charge in [0, 0.05) is 25.3 Å². The van der Waals surface area contributed by atoms with Crippen LogP contribution in [-0.4, -0.2) is 56.8 Å². The summed E-state index contributed by atoms with van der Waals surface area (Å²) in [4.78, 5) is 10.8. The highest BCUT2D eigenvalue weighted by atomic mass is 15.3. The molecule has 0 bridgehead atoms. The third kappa shape index (κ3) is 21.2. The quantitative estimate of drug-likeness (QED) is 0.0483. The molecular weight excluding hydrogens is 589 g/mol. The first-order valence-electron chi connectivity index (χ1n) is 17.0. The van der Waals surface area contributed by atoms with Gasteiger partial charge in [0.25, 0.3) is 0 Å². The molecule has 1 atom stereocenters. The second-order valence-electron chi connectivity index (χ2n) is 13.2. The lowest BCUT2D eigenvalue weighted by molar-refractivity contribution is 0.162. The van der Waals surface area contributed by atoms with Crippen molar-refractivity contribution in [1.82, 2.24) is 15.5 Å². The van der Waals surface area contributed by atoms with Gasteiger partial charge in [-0.3, -0.25) is 9.89 Å². The van der Waals surface area contributed by atoms with E-state index in [4.69, 9.17) is 0 Å². The van der Waals surface area contributed by atoms with Crippen LogP contribution in [0.25, 0.3) is 0 Å². The minimum atomic E-state index is 0.125. The number of anilines is 1. The first kappa shape index (κ1) is 46.4. The molecule has 48 heavy (non-hydrogen) atoms. The third-order valence-electron chi connectivity index (χ3n) is 7.86. The van der Waals surface area contributed by atoms with Gasteiger partial charge in [-0.05, 0) is 123 Å². The predicted octanol–water partition coefficient (Wildman–Crippen LogP) is 10.1. The zero-order valence-corrected chi connectivity index (χ0v) is 33.0. The summed E-state index contributed by atoms with van der Waals surface area (Å²) in [6.45, 7) is 39.0. The van der Waals surface area contributed by atoms with E-state index in [2.05, 4.69) is 150 Å². The van der Waals surface area contributed by atoms with Gasteiger partial charge in [0.1, 0.15) is 6.34 Å². The van der Waals surface area contributed by atoms with Gasteiger partial charge >= 0.3 is 0 Å². The monoisotopic (exact) mass is 659 g/mol. The molecule has 1 unspecified atom stereocenters. The van der Waals surface area contributed by atoms with Crippen LogP contribution in [-0.2, 0) is 13.0 Å². The zero-order chi connectivity index (χ0) is 37.4. The van der Waals surface area contributed by atoms with E-state index in [0.717, 1.165) is 41.9 Å². The van der Waals surface area contributed by atoms with E-state index in [1.54, 1.807) is 6.34 Å². The van der Waals surface area contributed by atoms with Crippen molar-refractivity contribution in [1.29, 1.82) is 0 Å². The molecule has 1 aromatic rings. The number of nitrogens with zero attached hydrogens (tertiary/aromatic N) is 3. The number of benzene rings is 1. The second kappa shape index (κ2) is 25.3. The molecule has 3 N–H and O–H groups in total. The second-order valence-corrected chi connectivity index (χ2v) is 13.2. The molecule has 268 valence electrons. The van der Waals surface area contributed by atoms with Crippen molar-refractivity contribution in [2.24, 2.45) is 15.9 Å². The fourth-order valence-electron chi connectivity index (χ4n) is 3.59. The van der Waals surface area contributed by atoms with E-state index in [1.807, 2.05) is 47.0 Å². The minimum absolute atomic E-state index is 0.125. The minimum Gasteiger partial charge on any atom is -0.388 e. The van der Waals surface area contributed by atoms with Gasteiger partial charge in [-0.25, -0.2) is 4.99 Å². The van der Waals surface area contributed by atoms with Gasteiger partial charge in [0.15, 0.2) is 0 Å². The number of hydrogen-bond acceptors (Lipinski definition) is 5. The average molecular weight is 659 g/mol. The van der Waals surface area contributed by atoms with Crippen molar-refractivity contribution < 1.29 is 0 Å². The Hall–Kier alpha value is -3.74. The van der Waals surface area contributed by atoms with Crippen LogP contribution in [0.4, 0.5) is 5.69 Å². The molecule has 0 spiro atoms. The normalized spacial score (nSPS) is 12.6. The van der Waals surface area contributed by atoms with Gasteiger partial charge < -0.3 is 16.0 Å². The molecule has 0 aliphatic rings. The number of hydrogen-bond donors (Lipinski definition) is 3. The van der Waals surface area contributed by atoms with Crippen LogP contribution in [0.5, 0.6) is 0 Å². The zero-order valence-electron chi connectivity index (χ0n) is 33.0. The summed E-state index contributed by atoms with van der Waals surface area (Å²) in [6.07, 6.45) is 12.8. The summed E-state index contributed by atoms with van der Waals surface area (Å²) in [5.41, 5.74) is 9.81. The molecule has 0 aliphatic heterocycles. The lowest BCUT2D eigenvalue weighted by Crippen LogP contribution is -2.49. The van der Waals surface area contributed by atoms with Gasteiger partial charge in [-0.1, -0.05) is 87.7 Å². The van der Waals surface area contributed by atoms with Crippen LogP contribution in [0, 0.1) is 5.92 Å². The Labute approximate surface area is 296 Å². The molecule has 1 aromatic carbocycles. The number of nitrogens with one attached hydrogen (secondary N) is 3. The molecular formula is C42H70N6. The standard InChI is InChI=1S/C23H34N4.C13H20.C6H16N2/c1-16(2)9-11-21-12-10-20(13-22(21)24-8)14-25-19(7)23(17(3)4)27-15-26-18(5)6;1-6-8-13(7-2)10-9-12(5)11(3)4;1-6(2,7-3)8(4)5/h10,12-13,15,18,24-25H,1,3,7,9,11,14H2,2,4-6,8H3;6,8-10,12H,1,3,7H2,2,4-5H3;7H,1-5H3/b;10-9-,13-8-;. The molecule has 0 amide bonds. The first-order valence-corrected chi connectivity index (χ1v) is 17.0. The molecule has 0 fully saturated rings. The van der Waals surface area contributed by atoms with E-state index in [-0.39, 0.29) is 11.7 Å². The maximum atomic E-state index is 4.41. The maximum absolute atomic E-state index is 4.41. The van der Waals surface area contributed by atoms with Crippen molar-refractivity contribution in [3.8, 4) is 0 Å². The maximum Gasteiger partial charge on any atom is 0.110 e. The Balaban J connectivity index is 0. The van der Waals surface area contributed by atoms with Crippen molar-refractivity contribution in [2.45, 2.75) is 99.8 Å². The Morgan fingerprint density at radius 3 is 2.06 bits per heavy atom. The first-order chi connectivity index (χ1) is 22.4. The van der Waals surface area contributed by atoms with Gasteiger partial charge in [0.2, 0.25) is 0 Å². The van der Waals surface area contributed by atoms with Crippen LogP contribution < -0.4 is 16.0 Å². The van der Waals surface area contributed by atoms with Crippen LogP contribution in [0.15, 0.2) is 113 Å². The molecule has 0 aliphatic carbocycles. The van der Waals surface area contributed by atoms with Crippen LogP contribution in [0.1, 0.15) is 86.3 Å². The third-order valence-corrected chi connectivity index (χ3v) is 7.86. The molecule has 1 rings (SSSR count). The van der Waals surface area contributed by atoms with Crippen LogP contribution in [0.3, 0.4) is 0 Å². The van der Waals surface area contributed by atoms with E-state index in [9.17, 15) is 0 Å². The van der Waals surface area contributed by atoms with Crippen molar-refractivity contribution in [3.05, 3.63) is 115 Å². The number of aryl methyl sites for hydroxylation is 1. The molecule has 0 heterocycles. The molecule has 6 nitrogen and oxygen atoms in total. The Bertz CT molecular complexity index is 1290.